The van der Waals surface area contributed by atoms with Crippen LogP contribution in [0.3, 0.4) is 0 Å². The van der Waals surface area contributed by atoms with Crippen molar-refractivity contribution in [1.82, 2.24) is 10.3 Å². The molecule has 1 saturated heterocycles. The van der Waals surface area contributed by atoms with Gasteiger partial charge in [-0.25, -0.2) is 0 Å². The Morgan fingerprint density at radius 2 is 1.92 bits per heavy atom. The van der Waals surface area contributed by atoms with E-state index in [9.17, 15) is 4.79 Å². The van der Waals surface area contributed by atoms with Crippen LogP contribution < -0.4 is 16.0 Å². The van der Waals surface area contributed by atoms with E-state index < -0.39 is 0 Å². The van der Waals surface area contributed by atoms with Crippen molar-refractivity contribution >= 4 is 47.8 Å². The summed E-state index contributed by atoms with van der Waals surface area (Å²) in [6.45, 7) is 2.19. The SMILES string of the molecule is Cl.Cl.NC(CNC(=O)C1CCN(c2nc3ccccc3o2)CC1)C1CC1. The van der Waals surface area contributed by atoms with Crippen LogP contribution in [0.25, 0.3) is 11.1 Å². The third-order valence-corrected chi connectivity index (χ3v) is 5.16. The Morgan fingerprint density at radius 1 is 1.23 bits per heavy atom. The van der Waals surface area contributed by atoms with Gasteiger partial charge in [0.1, 0.15) is 5.52 Å². The quantitative estimate of drug-likeness (QED) is 0.805. The fraction of sp³-hybridized carbons (Fsp3) is 0.556. The second-order valence-corrected chi connectivity index (χ2v) is 6.97. The summed E-state index contributed by atoms with van der Waals surface area (Å²) < 4.78 is 5.81. The highest BCUT2D eigenvalue weighted by Crippen LogP contribution is 2.31. The third-order valence-electron chi connectivity index (χ3n) is 5.16. The number of amides is 1. The van der Waals surface area contributed by atoms with Crippen LogP contribution in [0.2, 0.25) is 0 Å². The summed E-state index contributed by atoms with van der Waals surface area (Å²) in [5.74, 6) is 0.826. The van der Waals surface area contributed by atoms with E-state index in [-0.39, 0.29) is 42.7 Å². The summed E-state index contributed by atoms with van der Waals surface area (Å²) in [6.07, 6.45) is 4.06. The Hall–Kier alpha value is -1.50. The van der Waals surface area contributed by atoms with E-state index in [0.717, 1.165) is 37.0 Å². The molecule has 8 heteroatoms. The van der Waals surface area contributed by atoms with Gasteiger partial charge in [-0.05, 0) is 43.7 Å². The maximum atomic E-state index is 12.3. The number of hydrogen-bond donors (Lipinski definition) is 2. The number of hydrogen-bond acceptors (Lipinski definition) is 5. The Labute approximate surface area is 165 Å². The van der Waals surface area contributed by atoms with Crippen LogP contribution in [-0.4, -0.2) is 36.6 Å². The van der Waals surface area contributed by atoms with Gasteiger partial charge in [0, 0.05) is 31.6 Å². The second kappa shape index (κ2) is 8.93. The van der Waals surface area contributed by atoms with Crippen molar-refractivity contribution < 1.29 is 9.21 Å². The molecule has 3 N–H and O–H groups in total. The molecule has 0 spiro atoms. The van der Waals surface area contributed by atoms with Gasteiger partial charge in [-0.3, -0.25) is 4.79 Å². The number of nitrogens with two attached hydrogens (primary N) is 1. The molecule has 144 valence electrons. The van der Waals surface area contributed by atoms with Crippen LogP contribution >= 0.6 is 24.8 Å². The molecular formula is C18H26Cl2N4O2. The Balaban J connectivity index is 0.00000121. The first-order chi connectivity index (χ1) is 11.7. The summed E-state index contributed by atoms with van der Waals surface area (Å²) in [7, 11) is 0. The Bertz CT molecular complexity index is 694. The molecule has 2 fully saturated rings. The lowest BCUT2D eigenvalue weighted by molar-refractivity contribution is -0.125. The number of rotatable bonds is 5. The molecular weight excluding hydrogens is 375 g/mol. The van der Waals surface area contributed by atoms with Crippen LogP contribution in [0.15, 0.2) is 28.7 Å². The zero-order valence-corrected chi connectivity index (χ0v) is 16.2. The molecule has 1 unspecified atom stereocenters. The molecule has 26 heavy (non-hydrogen) atoms. The van der Waals surface area contributed by atoms with E-state index in [2.05, 4.69) is 15.2 Å². The first-order valence-electron chi connectivity index (χ1n) is 8.84. The highest BCUT2D eigenvalue weighted by Gasteiger charge is 2.30. The van der Waals surface area contributed by atoms with Crippen molar-refractivity contribution in [3.05, 3.63) is 24.3 Å². The van der Waals surface area contributed by atoms with Gasteiger partial charge >= 0.3 is 0 Å². The summed E-state index contributed by atoms with van der Waals surface area (Å²) in [4.78, 5) is 19.0. The molecule has 1 amide bonds. The van der Waals surface area contributed by atoms with Gasteiger partial charge in [0.15, 0.2) is 5.58 Å². The number of carbonyl (C=O) groups excluding carboxylic acids is 1. The number of carbonyl (C=O) groups is 1. The van der Waals surface area contributed by atoms with Gasteiger partial charge in [0.25, 0.3) is 6.01 Å². The average Bonchev–Trinajstić information content (AvgIpc) is 3.38. The van der Waals surface area contributed by atoms with Crippen molar-refractivity contribution in [3.8, 4) is 0 Å². The van der Waals surface area contributed by atoms with Gasteiger partial charge in [-0.15, -0.1) is 24.8 Å². The van der Waals surface area contributed by atoms with Gasteiger partial charge < -0.3 is 20.4 Å². The molecule has 4 rings (SSSR count). The van der Waals surface area contributed by atoms with Crippen LogP contribution in [0, 0.1) is 11.8 Å². The van der Waals surface area contributed by atoms with Gasteiger partial charge in [0.2, 0.25) is 5.91 Å². The summed E-state index contributed by atoms with van der Waals surface area (Å²) in [5.41, 5.74) is 7.73. The molecule has 0 bridgehead atoms. The average molecular weight is 401 g/mol. The van der Waals surface area contributed by atoms with Crippen molar-refractivity contribution in [2.24, 2.45) is 17.6 Å². The number of nitrogens with zero attached hydrogens (tertiary/aromatic N) is 2. The third kappa shape index (κ3) is 4.61. The minimum atomic E-state index is 0. The molecule has 1 aromatic carbocycles. The van der Waals surface area contributed by atoms with Crippen molar-refractivity contribution in [1.29, 1.82) is 0 Å². The minimum Gasteiger partial charge on any atom is -0.423 e. The molecule has 0 radical (unpaired) electrons. The normalized spacial score (nSPS) is 18.7. The van der Waals surface area contributed by atoms with Crippen molar-refractivity contribution in [3.63, 3.8) is 0 Å². The highest BCUT2D eigenvalue weighted by molar-refractivity contribution is 5.85. The number of benzene rings is 1. The first kappa shape index (κ1) is 20.8. The lowest BCUT2D eigenvalue weighted by atomic mass is 9.96. The van der Waals surface area contributed by atoms with Gasteiger partial charge in [-0.1, -0.05) is 12.1 Å². The lowest BCUT2D eigenvalue weighted by Gasteiger charge is -2.30. The molecule has 1 aromatic heterocycles. The van der Waals surface area contributed by atoms with Crippen LogP contribution in [-0.2, 0) is 4.79 Å². The molecule has 2 heterocycles. The van der Waals surface area contributed by atoms with Gasteiger partial charge in [0.05, 0.1) is 0 Å². The second-order valence-electron chi connectivity index (χ2n) is 6.97. The molecule has 1 saturated carbocycles. The van der Waals surface area contributed by atoms with E-state index in [1.165, 1.54) is 12.8 Å². The summed E-state index contributed by atoms with van der Waals surface area (Å²) >= 11 is 0. The first-order valence-corrected chi connectivity index (χ1v) is 8.84. The number of aromatic nitrogens is 1. The van der Waals surface area contributed by atoms with Crippen molar-refractivity contribution in [2.45, 2.75) is 31.7 Å². The van der Waals surface area contributed by atoms with E-state index in [1.54, 1.807) is 0 Å². The number of fused-ring (bicyclic) bond motifs is 1. The van der Waals surface area contributed by atoms with Crippen LogP contribution in [0.4, 0.5) is 6.01 Å². The number of piperidine rings is 1. The fourth-order valence-corrected chi connectivity index (χ4v) is 3.38. The molecule has 6 nitrogen and oxygen atoms in total. The van der Waals surface area contributed by atoms with Crippen molar-refractivity contribution in [2.75, 3.05) is 24.5 Å². The molecule has 1 aliphatic heterocycles. The topological polar surface area (TPSA) is 84.4 Å². The van der Waals surface area contributed by atoms with Gasteiger partial charge in [-0.2, -0.15) is 4.98 Å². The number of nitrogens with one attached hydrogen (secondary N) is 1. The summed E-state index contributed by atoms with van der Waals surface area (Å²) in [6, 6.07) is 8.55. The molecule has 2 aliphatic rings. The van der Waals surface area contributed by atoms with E-state index in [4.69, 9.17) is 10.2 Å². The zero-order chi connectivity index (χ0) is 16.5. The minimum absolute atomic E-state index is 0. The number of halogens is 2. The van der Waals surface area contributed by atoms with Crippen LogP contribution in [0.1, 0.15) is 25.7 Å². The molecule has 2 aromatic rings. The molecule has 1 aliphatic carbocycles. The highest BCUT2D eigenvalue weighted by atomic mass is 35.5. The molecule has 1 atom stereocenters. The zero-order valence-electron chi connectivity index (χ0n) is 14.6. The summed E-state index contributed by atoms with van der Waals surface area (Å²) in [5, 5.41) is 3.03. The largest absolute Gasteiger partial charge is 0.423 e. The predicted octanol–water partition coefficient (Wildman–Crippen LogP) is 2.74. The fourth-order valence-electron chi connectivity index (χ4n) is 3.38. The lowest BCUT2D eigenvalue weighted by Crippen LogP contribution is -2.44. The Morgan fingerprint density at radius 3 is 2.58 bits per heavy atom. The predicted molar refractivity (Wildman–Crippen MR) is 107 cm³/mol. The maximum Gasteiger partial charge on any atom is 0.298 e. The standard InChI is InChI=1S/C18H24N4O2.2ClH/c19-14(12-5-6-12)11-20-17(23)13-7-9-22(10-8-13)18-21-15-3-1-2-4-16(15)24-18;;/h1-4,12-14H,5-11,19H2,(H,20,23);2*1H. The van der Waals surface area contributed by atoms with E-state index >= 15 is 0 Å². The number of para-hydroxylation sites is 2. The van der Waals surface area contributed by atoms with E-state index in [1.807, 2.05) is 24.3 Å². The maximum absolute atomic E-state index is 12.3. The van der Waals surface area contributed by atoms with E-state index in [0.29, 0.717) is 18.5 Å². The Kier molecular flexibility index (Phi) is 7.15. The number of oxazole rings is 1. The smallest absolute Gasteiger partial charge is 0.298 e. The van der Waals surface area contributed by atoms with Crippen LogP contribution in [0.5, 0.6) is 0 Å². The monoisotopic (exact) mass is 400 g/mol. The number of anilines is 1.